The van der Waals surface area contributed by atoms with Crippen LogP contribution in [0.5, 0.6) is 0 Å². The standard InChI is InChI=1S/C21H27N5O2.ClH/c1-26-13-15(10-23-26)17-11-22-12-18(17)20(27)25-19(21(28)24-16-7-8-16)9-14-5-3-2-4-6-14;/h2-6,10,13,16-19,22H,7-9,11-12H2,1H3,(H,24,28)(H,25,27);1H/t17-,18+,19?;/m1./s1. The molecule has 2 fully saturated rings. The molecule has 1 saturated carbocycles. The Labute approximate surface area is 177 Å². The van der Waals surface area contributed by atoms with Gasteiger partial charge in [0.1, 0.15) is 6.04 Å². The van der Waals surface area contributed by atoms with Crippen molar-refractivity contribution < 1.29 is 9.59 Å². The van der Waals surface area contributed by atoms with E-state index in [2.05, 4.69) is 21.0 Å². The van der Waals surface area contributed by atoms with Crippen LogP contribution in [0.25, 0.3) is 0 Å². The van der Waals surface area contributed by atoms with Gasteiger partial charge < -0.3 is 16.0 Å². The van der Waals surface area contributed by atoms with Gasteiger partial charge in [-0.1, -0.05) is 30.3 Å². The molecule has 1 saturated heterocycles. The third-order valence-corrected chi connectivity index (χ3v) is 5.54. The number of amides is 2. The Bertz CT molecular complexity index is 837. The minimum Gasteiger partial charge on any atom is -0.352 e. The number of hydrogen-bond acceptors (Lipinski definition) is 4. The van der Waals surface area contributed by atoms with E-state index in [9.17, 15) is 9.59 Å². The van der Waals surface area contributed by atoms with Crippen molar-refractivity contribution in [1.82, 2.24) is 25.7 Å². The molecule has 2 aliphatic rings. The first-order valence-corrected chi connectivity index (χ1v) is 9.94. The number of carbonyl (C=O) groups excluding carboxylic acids is 2. The number of aryl methyl sites for hydroxylation is 1. The van der Waals surface area contributed by atoms with Gasteiger partial charge in [0, 0.05) is 44.7 Å². The van der Waals surface area contributed by atoms with Crippen LogP contribution in [-0.4, -0.2) is 46.8 Å². The lowest BCUT2D eigenvalue weighted by Gasteiger charge is -2.23. The van der Waals surface area contributed by atoms with Gasteiger partial charge in [0.15, 0.2) is 0 Å². The minimum absolute atomic E-state index is 0. The second-order valence-corrected chi connectivity index (χ2v) is 7.85. The number of benzene rings is 1. The molecule has 3 atom stereocenters. The lowest BCUT2D eigenvalue weighted by Crippen LogP contribution is -2.50. The number of nitrogens with one attached hydrogen (secondary N) is 3. The fraction of sp³-hybridized carbons (Fsp3) is 0.476. The van der Waals surface area contributed by atoms with Gasteiger partial charge in [-0.25, -0.2) is 0 Å². The Morgan fingerprint density at radius 3 is 2.66 bits per heavy atom. The summed E-state index contributed by atoms with van der Waals surface area (Å²) in [6, 6.07) is 9.52. The van der Waals surface area contributed by atoms with E-state index in [1.54, 1.807) is 4.68 Å². The first kappa shape index (κ1) is 21.3. The second-order valence-electron chi connectivity index (χ2n) is 7.85. The molecule has 2 amide bonds. The first-order chi connectivity index (χ1) is 13.6. The molecule has 0 spiro atoms. The van der Waals surface area contributed by atoms with Crippen LogP contribution in [0.3, 0.4) is 0 Å². The molecule has 8 heteroatoms. The molecule has 1 aromatic heterocycles. The lowest BCUT2D eigenvalue weighted by molar-refractivity contribution is -0.131. The van der Waals surface area contributed by atoms with Gasteiger partial charge in [0.25, 0.3) is 0 Å². The first-order valence-electron chi connectivity index (χ1n) is 9.94. The molecule has 4 rings (SSSR count). The summed E-state index contributed by atoms with van der Waals surface area (Å²) in [5.41, 5.74) is 2.08. The highest BCUT2D eigenvalue weighted by Crippen LogP contribution is 2.28. The molecule has 3 N–H and O–H groups in total. The van der Waals surface area contributed by atoms with Gasteiger partial charge in [-0.05, 0) is 24.0 Å². The number of nitrogens with zero attached hydrogens (tertiary/aromatic N) is 2. The zero-order valence-corrected chi connectivity index (χ0v) is 17.3. The van der Waals surface area contributed by atoms with E-state index in [1.165, 1.54) is 0 Å². The van der Waals surface area contributed by atoms with E-state index in [1.807, 2.05) is 49.8 Å². The van der Waals surface area contributed by atoms with Crippen molar-refractivity contribution in [3.8, 4) is 0 Å². The Morgan fingerprint density at radius 1 is 1.24 bits per heavy atom. The topological polar surface area (TPSA) is 88.0 Å². The quantitative estimate of drug-likeness (QED) is 0.630. The molecule has 2 aromatic rings. The van der Waals surface area contributed by atoms with Crippen LogP contribution in [0.2, 0.25) is 0 Å². The van der Waals surface area contributed by atoms with Crippen molar-refractivity contribution in [2.75, 3.05) is 13.1 Å². The van der Waals surface area contributed by atoms with Crippen LogP contribution < -0.4 is 16.0 Å². The highest BCUT2D eigenvalue weighted by Gasteiger charge is 2.37. The third-order valence-electron chi connectivity index (χ3n) is 5.54. The summed E-state index contributed by atoms with van der Waals surface area (Å²) in [6.07, 6.45) is 6.31. The van der Waals surface area contributed by atoms with Crippen LogP contribution in [0.4, 0.5) is 0 Å². The second kappa shape index (κ2) is 9.41. The molecule has 29 heavy (non-hydrogen) atoms. The lowest BCUT2D eigenvalue weighted by atomic mass is 9.90. The van der Waals surface area contributed by atoms with Gasteiger partial charge in [-0.3, -0.25) is 14.3 Å². The molecular weight excluding hydrogens is 390 g/mol. The Hall–Kier alpha value is -2.38. The maximum absolute atomic E-state index is 13.1. The predicted octanol–water partition coefficient (Wildman–Crippen LogP) is 1.15. The summed E-state index contributed by atoms with van der Waals surface area (Å²) in [6.45, 7) is 1.34. The van der Waals surface area contributed by atoms with E-state index in [0.29, 0.717) is 13.0 Å². The number of carbonyl (C=O) groups is 2. The highest BCUT2D eigenvalue weighted by atomic mass is 35.5. The Kier molecular flexibility index (Phi) is 6.92. The van der Waals surface area contributed by atoms with Gasteiger partial charge >= 0.3 is 0 Å². The molecule has 1 aromatic carbocycles. The fourth-order valence-electron chi connectivity index (χ4n) is 3.80. The zero-order chi connectivity index (χ0) is 19.5. The summed E-state index contributed by atoms with van der Waals surface area (Å²) in [4.78, 5) is 25.8. The third kappa shape index (κ3) is 5.36. The molecular formula is C21H28ClN5O2. The molecule has 2 heterocycles. The smallest absolute Gasteiger partial charge is 0.243 e. The summed E-state index contributed by atoms with van der Waals surface area (Å²) in [5, 5.41) is 13.6. The monoisotopic (exact) mass is 417 g/mol. The van der Waals surface area contributed by atoms with E-state index in [-0.39, 0.29) is 42.1 Å². The van der Waals surface area contributed by atoms with Crippen molar-refractivity contribution in [2.45, 2.75) is 37.3 Å². The number of aromatic nitrogens is 2. The average Bonchev–Trinajstić information content (AvgIpc) is 3.18. The zero-order valence-electron chi connectivity index (χ0n) is 16.5. The van der Waals surface area contributed by atoms with Crippen molar-refractivity contribution in [2.24, 2.45) is 13.0 Å². The van der Waals surface area contributed by atoms with Crippen LogP contribution in [-0.2, 0) is 23.1 Å². The SMILES string of the molecule is Cl.Cn1cc([C@H]2CNC[C@@H]2C(=O)NC(Cc2ccccc2)C(=O)NC2CC2)cn1. The molecule has 0 bridgehead atoms. The average molecular weight is 418 g/mol. The summed E-state index contributed by atoms with van der Waals surface area (Å²) >= 11 is 0. The van der Waals surface area contributed by atoms with Crippen molar-refractivity contribution in [1.29, 1.82) is 0 Å². The Balaban J connectivity index is 0.00000240. The largest absolute Gasteiger partial charge is 0.352 e. The maximum atomic E-state index is 13.1. The molecule has 156 valence electrons. The van der Waals surface area contributed by atoms with Gasteiger partial charge in [0.2, 0.25) is 11.8 Å². The van der Waals surface area contributed by atoms with Gasteiger partial charge in [0.05, 0.1) is 12.1 Å². The van der Waals surface area contributed by atoms with E-state index in [4.69, 9.17) is 0 Å². The van der Waals surface area contributed by atoms with Gasteiger partial charge in [-0.2, -0.15) is 5.10 Å². The van der Waals surface area contributed by atoms with E-state index >= 15 is 0 Å². The number of hydrogen-bond donors (Lipinski definition) is 3. The van der Waals surface area contributed by atoms with Crippen LogP contribution in [0.1, 0.15) is 29.9 Å². The highest BCUT2D eigenvalue weighted by molar-refractivity contribution is 5.89. The summed E-state index contributed by atoms with van der Waals surface area (Å²) < 4.78 is 1.75. The number of halogens is 1. The van der Waals surface area contributed by atoms with Gasteiger partial charge in [-0.15, -0.1) is 12.4 Å². The fourth-order valence-corrected chi connectivity index (χ4v) is 3.80. The summed E-state index contributed by atoms with van der Waals surface area (Å²) in [7, 11) is 1.87. The maximum Gasteiger partial charge on any atom is 0.243 e. The number of rotatable bonds is 7. The normalized spacial score (nSPS) is 21.8. The molecule has 1 unspecified atom stereocenters. The van der Waals surface area contributed by atoms with Crippen molar-refractivity contribution in [3.05, 3.63) is 53.9 Å². The molecule has 1 aliphatic carbocycles. The van der Waals surface area contributed by atoms with E-state index < -0.39 is 6.04 Å². The molecule has 0 radical (unpaired) electrons. The van der Waals surface area contributed by atoms with Crippen molar-refractivity contribution in [3.63, 3.8) is 0 Å². The van der Waals surface area contributed by atoms with Crippen LogP contribution >= 0.6 is 12.4 Å². The minimum atomic E-state index is -0.564. The van der Waals surface area contributed by atoms with Crippen LogP contribution in [0, 0.1) is 5.92 Å². The predicted molar refractivity (Wildman–Crippen MR) is 113 cm³/mol. The molecule has 7 nitrogen and oxygen atoms in total. The van der Waals surface area contributed by atoms with E-state index in [0.717, 1.165) is 30.5 Å². The van der Waals surface area contributed by atoms with Crippen LogP contribution in [0.15, 0.2) is 42.7 Å². The molecule has 1 aliphatic heterocycles. The summed E-state index contributed by atoms with van der Waals surface area (Å²) in [5.74, 6) is -0.317. The Morgan fingerprint density at radius 2 is 2.00 bits per heavy atom. The van der Waals surface area contributed by atoms with Crippen molar-refractivity contribution >= 4 is 24.2 Å².